The lowest BCUT2D eigenvalue weighted by Crippen LogP contribution is -2.92. The normalized spacial score (nSPS) is 12.9. The molecule has 2 rings (SSSR count). The van der Waals surface area contributed by atoms with Crippen LogP contribution in [-0.4, -0.2) is 36.3 Å². The first-order valence-electron chi connectivity index (χ1n) is 8.99. The average molecular weight is 389 g/mol. The van der Waals surface area contributed by atoms with Gasteiger partial charge in [-0.25, -0.2) is 0 Å². The third-order valence-electron chi connectivity index (χ3n) is 4.45. The lowest BCUT2D eigenvalue weighted by atomic mass is 10.1. The number of anilines is 1. The number of nitrogens with one attached hydrogen (secondary N) is 1. The van der Waals surface area contributed by atoms with Gasteiger partial charge in [0.2, 0.25) is 5.91 Å². The van der Waals surface area contributed by atoms with E-state index in [1.54, 1.807) is 7.05 Å². The van der Waals surface area contributed by atoms with Crippen molar-refractivity contribution in [3.63, 3.8) is 0 Å². The van der Waals surface area contributed by atoms with Crippen molar-refractivity contribution in [2.45, 2.75) is 32.9 Å². The Labute approximate surface area is 165 Å². The van der Waals surface area contributed by atoms with Gasteiger partial charge in [0.05, 0.1) is 6.54 Å². The van der Waals surface area contributed by atoms with Crippen LogP contribution in [-0.2, 0) is 9.59 Å². The Kier molecular flexibility index (Phi) is 7.39. The minimum atomic E-state index is -0.326. The largest absolute Gasteiger partial charge is 0.331 e. The van der Waals surface area contributed by atoms with E-state index in [4.69, 9.17) is 11.6 Å². The van der Waals surface area contributed by atoms with Crippen LogP contribution in [0, 0.1) is 6.92 Å². The number of likely N-dealkylation sites (N-methyl/N-ethyl adjacent to an activating group) is 1. The Morgan fingerprint density at radius 1 is 1.11 bits per heavy atom. The Bertz CT molecular complexity index is 792. The number of hydrogen-bond donors (Lipinski definition) is 2. The van der Waals surface area contributed by atoms with E-state index in [-0.39, 0.29) is 30.4 Å². The first-order valence-corrected chi connectivity index (χ1v) is 9.36. The van der Waals surface area contributed by atoms with Crippen LogP contribution in [0.15, 0.2) is 48.5 Å². The molecule has 0 aromatic heterocycles. The summed E-state index contributed by atoms with van der Waals surface area (Å²) in [7, 11) is 1.64. The topological polar surface area (TPSA) is 66.0 Å². The first kappa shape index (κ1) is 20.9. The van der Waals surface area contributed by atoms with Gasteiger partial charge in [-0.3, -0.25) is 9.59 Å². The Hall–Kier alpha value is -2.37. The van der Waals surface area contributed by atoms with E-state index in [1.165, 1.54) is 4.90 Å². The number of nitrogens with two attached hydrogens (primary N) is 1. The first-order chi connectivity index (χ1) is 12.8. The van der Waals surface area contributed by atoms with E-state index >= 15 is 0 Å². The van der Waals surface area contributed by atoms with Gasteiger partial charge in [0, 0.05) is 23.3 Å². The summed E-state index contributed by atoms with van der Waals surface area (Å²) in [6.45, 7) is 5.84. The van der Waals surface area contributed by atoms with Crippen molar-refractivity contribution in [2.75, 3.05) is 18.9 Å². The van der Waals surface area contributed by atoms with Gasteiger partial charge >= 0.3 is 0 Å². The third-order valence-corrected chi connectivity index (χ3v) is 4.80. The highest BCUT2D eigenvalue weighted by molar-refractivity contribution is 6.31. The van der Waals surface area contributed by atoms with Crippen molar-refractivity contribution in [2.24, 2.45) is 0 Å². The smallest absolute Gasteiger partial charge is 0.280 e. The summed E-state index contributed by atoms with van der Waals surface area (Å²) in [6.07, 6.45) is 0. The Morgan fingerprint density at radius 3 is 2.37 bits per heavy atom. The molecule has 0 saturated heterocycles. The summed E-state index contributed by atoms with van der Waals surface area (Å²) < 4.78 is 0. The van der Waals surface area contributed by atoms with Gasteiger partial charge in [0.1, 0.15) is 6.04 Å². The highest BCUT2D eigenvalue weighted by atomic mass is 35.5. The van der Waals surface area contributed by atoms with Crippen LogP contribution in [0.1, 0.15) is 31.0 Å². The number of benzene rings is 2. The second-order valence-electron chi connectivity index (χ2n) is 6.90. The lowest BCUT2D eigenvalue weighted by molar-refractivity contribution is -0.710. The zero-order valence-corrected chi connectivity index (χ0v) is 17.0. The van der Waals surface area contributed by atoms with Gasteiger partial charge in [0.15, 0.2) is 6.04 Å². The highest BCUT2D eigenvalue weighted by Gasteiger charge is 2.25. The quantitative estimate of drug-likeness (QED) is 0.765. The van der Waals surface area contributed by atoms with Crippen LogP contribution in [0.25, 0.3) is 0 Å². The van der Waals surface area contributed by atoms with Gasteiger partial charge in [-0.15, -0.1) is 0 Å². The molecule has 0 bridgehead atoms. The van der Waals surface area contributed by atoms with Crippen molar-refractivity contribution < 1.29 is 14.9 Å². The number of carbonyl (C=O) groups is 2. The third kappa shape index (κ3) is 6.08. The molecule has 27 heavy (non-hydrogen) atoms. The number of rotatable bonds is 7. The number of aryl methyl sites for hydroxylation is 1. The van der Waals surface area contributed by atoms with E-state index in [2.05, 4.69) is 5.32 Å². The SMILES string of the molecule is Cc1ccc(NC(=O)CN(C)C(=O)[C@@H](C)[NH2+][C@H](C)c2ccccc2Cl)cc1. The van der Waals surface area contributed by atoms with Crippen LogP contribution in [0.2, 0.25) is 5.02 Å². The van der Waals surface area contributed by atoms with Crippen LogP contribution in [0.3, 0.4) is 0 Å². The molecule has 144 valence electrons. The molecule has 0 fully saturated rings. The van der Waals surface area contributed by atoms with Gasteiger partial charge in [-0.2, -0.15) is 0 Å². The second kappa shape index (κ2) is 9.53. The van der Waals surface area contributed by atoms with Gasteiger partial charge in [-0.05, 0) is 39.0 Å². The molecule has 2 aromatic rings. The summed E-state index contributed by atoms with van der Waals surface area (Å²) in [5, 5.41) is 5.45. The summed E-state index contributed by atoms with van der Waals surface area (Å²) in [6, 6.07) is 14.9. The molecule has 2 atom stereocenters. The molecule has 6 heteroatoms. The number of halogens is 1. The molecule has 3 N–H and O–H groups in total. The number of nitrogens with zero attached hydrogens (tertiary/aromatic N) is 1. The summed E-state index contributed by atoms with van der Waals surface area (Å²) in [4.78, 5) is 26.2. The van der Waals surface area contributed by atoms with E-state index in [9.17, 15) is 9.59 Å². The fraction of sp³-hybridized carbons (Fsp3) is 0.333. The second-order valence-corrected chi connectivity index (χ2v) is 7.31. The molecule has 0 aliphatic carbocycles. The number of hydrogen-bond acceptors (Lipinski definition) is 2. The molecule has 0 heterocycles. The van der Waals surface area contributed by atoms with Crippen molar-refractivity contribution in [3.8, 4) is 0 Å². The Balaban J connectivity index is 1.88. The molecule has 2 aromatic carbocycles. The number of amides is 2. The zero-order valence-electron chi connectivity index (χ0n) is 16.2. The molecule has 5 nitrogen and oxygen atoms in total. The van der Waals surface area contributed by atoms with Gasteiger partial charge < -0.3 is 15.5 Å². The maximum atomic E-state index is 12.6. The molecular weight excluding hydrogens is 362 g/mol. The maximum Gasteiger partial charge on any atom is 0.280 e. The highest BCUT2D eigenvalue weighted by Crippen LogP contribution is 2.19. The summed E-state index contributed by atoms with van der Waals surface area (Å²) in [5.41, 5.74) is 2.83. The molecule has 0 aliphatic rings. The number of carbonyl (C=O) groups excluding carboxylic acids is 2. The molecule has 2 amide bonds. The summed E-state index contributed by atoms with van der Waals surface area (Å²) >= 11 is 6.23. The molecule has 0 saturated carbocycles. The van der Waals surface area contributed by atoms with Crippen LogP contribution in [0.5, 0.6) is 0 Å². The maximum absolute atomic E-state index is 12.6. The predicted octanol–water partition coefficient (Wildman–Crippen LogP) is 2.76. The molecule has 0 radical (unpaired) electrons. The fourth-order valence-electron chi connectivity index (χ4n) is 2.94. The molecular formula is C21H27ClN3O2+. The van der Waals surface area contributed by atoms with E-state index in [0.717, 1.165) is 16.8 Å². The van der Waals surface area contributed by atoms with Gasteiger partial charge in [-0.1, -0.05) is 47.5 Å². The number of quaternary nitrogens is 1. The minimum absolute atomic E-state index is 0.00532. The molecule has 0 aliphatic heterocycles. The van der Waals surface area contributed by atoms with Crippen molar-refractivity contribution >= 4 is 29.1 Å². The van der Waals surface area contributed by atoms with Crippen molar-refractivity contribution in [1.29, 1.82) is 0 Å². The van der Waals surface area contributed by atoms with Crippen LogP contribution >= 0.6 is 11.6 Å². The lowest BCUT2D eigenvalue weighted by Gasteiger charge is -2.22. The van der Waals surface area contributed by atoms with E-state index in [0.29, 0.717) is 5.02 Å². The monoisotopic (exact) mass is 388 g/mol. The van der Waals surface area contributed by atoms with Crippen molar-refractivity contribution in [3.05, 3.63) is 64.7 Å². The summed E-state index contributed by atoms with van der Waals surface area (Å²) in [5.74, 6) is -0.325. The fourth-order valence-corrected chi connectivity index (χ4v) is 3.25. The molecule has 0 spiro atoms. The van der Waals surface area contributed by atoms with Crippen molar-refractivity contribution in [1.82, 2.24) is 4.90 Å². The average Bonchev–Trinajstić information content (AvgIpc) is 2.63. The zero-order chi connectivity index (χ0) is 20.0. The standard InChI is InChI=1S/C21H26ClN3O2/c1-14-9-11-17(12-10-14)24-20(26)13-25(4)21(27)16(3)23-15(2)18-7-5-6-8-19(18)22/h5-12,15-16,23H,13H2,1-4H3,(H,24,26)/p+1/t15-,16-/m1/s1. The van der Waals surface area contributed by atoms with Crippen LogP contribution < -0.4 is 10.6 Å². The van der Waals surface area contributed by atoms with Gasteiger partial charge in [0.25, 0.3) is 5.91 Å². The van der Waals surface area contributed by atoms with Crippen LogP contribution in [0.4, 0.5) is 5.69 Å². The Morgan fingerprint density at radius 2 is 1.74 bits per heavy atom. The van der Waals surface area contributed by atoms with E-state index < -0.39 is 0 Å². The minimum Gasteiger partial charge on any atom is -0.331 e. The predicted molar refractivity (Wildman–Crippen MR) is 109 cm³/mol. The molecule has 0 unspecified atom stereocenters. The van der Waals surface area contributed by atoms with E-state index in [1.807, 2.05) is 74.6 Å².